The van der Waals surface area contributed by atoms with E-state index in [0.717, 1.165) is 17.5 Å². The third-order valence-electron chi connectivity index (χ3n) is 4.87. The molecule has 0 unspecified atom stereocenters. The molecule has 4 rings (SSSR count). The zero-order valence-electron chi connectivity index (χ0n) is 16.8. The minimum absolute atomic E-state index is 0.144. The monoisotopic (exact) mass is 401 g/mol. The van der Waals surface area contributed by atoms with Crippen LogP contribution in [-0.4, -0.2) is 34.0 Å². The van der Waals surface area contributed by atoms with E-state index >= 15 is 0 Å². The standard InChI is InChI=1S/C24H23N3O3/c1-18-7-5-10-20(17-18)23-25-22(30-26-23)13-15-27(24(28)21-11-6-16-29-21)14-12-19-8-3-2-4-9-19/h2-11,16-17H,12-15H2,1H3. The van der Waals surface area contributed by atoms with Gasteiger partial charge in [-0.1, -0.05) is 59.3 Å². The molecule has 2 heterocycles. The molecule has 152 valence electrons. The Labute approximate surface area is 175 Å². The van der Waals surface area contributed by atoms with E-state index in [9.17, 15) is 4.79 Å². The third kappa shape index (κ3) is 4.84. The second kappa shape index (κ2) is 9.22. The van der Waals surface area contributed by atoms with Gasteiger partial charge in [0.1, 0.15) is 0 Å². The van der Waals surface area contributed by atoms with Crippen LogP contribution in [0.1, 0.15) is 27.6 Å². The largest absolute Gasteiger partial charge is 0.459 e. The lowest BCUT2D eigenvalue weighted by atomic mass is 10.1. The molecule has 0 bridgehead atoms. The van der Waals surface area contributed by atoms with Gasteiger partial charge in [-0.25, -0.2) is 0 Å². The molecule has 0 aliphatic rings. The number of hydrogen-bond donors (Lipinski definition) is 0. The average Bonchev–Trinajstić information content (AvgIpc) is 3.47. The van der Waals surface area contributed by atoms with Crippen LogP contribution in [-0.2, 0) is 12.8 Å². The van der Waals surface area contributed by atoms with Crippen molar-refractivity contribution in [1.82, 2.24) is 15.0 Å². The minimum atomic E-state index is -0.144. The maximum absolute atomic E-state index is 12.9. The number of aromatic nitrogens is 2. The van der Waals surface area contributed by atoms with E-state index in [-0.39, 0.29) is 5.91 Å². The predicted octanol–water partition coefficient (Wildman–Crippen LogP) is 4.57. The zero-order chi connectivity index (χ0) is 20.8. The van der Waals surface area contributed by atoms with Gasteiger partial charge in [-0.15, -0.1) is 0 Å². The molecule has 6 nitrogen and oxygen atoms in total. The van der Waals surface area contributed by atoms with Crippen molar-refractivity contribution in [3.05, 3.63) is 95.8 Å². The number of rotatable bonds is 8. The van der Waals surface area contributed by atoms with Crippen molar-refractivity contribution in [2.45, 2.75) is 19.8 Å². The fourth-order valence-corrected chi connectivity index (χ4v) is 3.27. The number of furan rings is 1. The lowest BCUT2D eigenvalue weighted by Gasteiger charge is -2.21. The fraction of sp³-hybridized carbons (Fsp3) is 0.208. The molecule has 0 radical (unpaired) electrons. The number of carbonyl (C=O) groups is 1. The predicted molar refractivity (Wildman–Crippen MR) is 113 cm³/mol. The maximum Gasteiger partial charge on any atom is 0.289 e. The number of carbonyl (C=O) groups excluding carboxylic acids is 1. The van der Waals surface area contributed by atoms with Crippen molar-refractivity contribution in [1.29, 1.82) is 0 Å². The molecule has 4 aromatic rings. The lowest BCUT2D eigenvalue weighted by Crippen LogP contribution is -2.34. The van der Waals surface area contributed by atoms with Gasteiger partial charge in [0.25, 0.3) is 5.91 Å². The molecule has 0 aliphatic heterocycles. The smallest absolute Gasteiger partial charge is 0.289 e. The van der Waals surface area contributed by atoms with Gasteiger partial charge in [0.2, 0.25) is 11.7 Å². The van der Waals surface area contributed by atoms with Crippen molar-refractivity contribution >= 4 is 5.91 Å². The van der Waals surface area contributed by atoms with Crippen molar-refractivity contribution in [2.75, 3.05) is 13.1 Å². The molecule has 0 saturated carbocycles. The SMILES string of the molecule is Cc1cccc(-c2noc(CCN(CCc3ccccc3)C(=O)c3ccco3)n2)c1. The Kier molecular flexibility index (Phi) is 6.03. The summed E-state index contributed by atoms with van der Waals surface area (Å²) in [6.07, 6.45) is 2.74. The fourth-order valence-electron chi connectivity index (χ4n) is 3.27. The molecular weight excluding hydrogens is 378 g/mol. The molecule has 1 amide bonds. The molecule has 2 aromatic heterocycles. The summed E-state index contributed by atoms with van der Waals surface area (Å²) in [5.74, 6) is 1.24. The summed E-state index contributed by atoms with van der Waals surface area (Å²) in [5.41, 5.74) is 3.22. The first-order valence-electron chi connectivity index (χ1n) is 9.95. The van der Waals surface area contributed by atoms with Crippen LogP contribution < -0.4 is 0 Å². The zero-order valence-corrected chi connectivity index (χ0v) is 16.8. The summed E-state index contributed by atoms with van der Waals surface area (Å²) in [4.78, 5) is 19.1. The van der Waals surface area contributed by atoms with E-state index in [1.807, 2.05) is 49.4 Å². The van der Waals surface area contributed by atoms with Gasteiger partial charge in [0, 0.05) is 25.1 Å². The van der Waals surface area contributed by atoms with Gasteiger partial charge in [-0.2, -0.15) is 4.98 Å². The highest BCUT2D eigenvalue weighted by Gasteiger charge is 2.19. The number of benzene rings is 2. The molecule has 30 heavy (non-hydrogen) atoms. The van der Waals surface area contributed by atoms with Crippen molar-refractivity contribution in [3.8, 4) is 11.4 Å². The van der Waals surface area contributed by atoms with Crippen LogP contribution in [0, 0.1) is 6.92 Å². The first-order valence-corrected chi connectivity index (χ1v) is 9.95. The van der Waals surface area contributed by atoms with Crippen LogP contribution in [0.15, 0.2) is 81.9 Å². The molecular formula is C24H23N3O3. The lowest BCUT2D eigenvalue weighted by molar-refractivity contribution is 0.0724. The highest BCUT2D eigenvalue weighted by molar-refractivity contribution is 5.91. The van der Waals surface area contributed by atoms with Gasteiger partial charge in [0.05, 0.1) is 6.26 Å². The van der Waals surface area contributed by atoms with Crippen molar-refractivity contribution in [2.24, 2.45) is 0 Å². The minimum Gasteiger partial charge on any atom is -0.459 e. The summed E-state index contributed by atoms with van der Waals surface area (Å²) < 4.78 is 10.7. The van der Waals surface area contributed by atoms with Gasteiger partial charge in [0.15, 0.2) is 5.76 Å². The van der Waals surface area contributed by atoms with Gasteiger partial charge < -0.3 is 13.8 Å². The molecule has 2 aromatic carbocycles. The Balaban J connectivity index is 1.44. The first kappa shape index (κ1) is 19.6. The summed E-state index contributed by atoms with van der Waals surface area (Å²) in [5, 5.41) is 4.09. The Hall–Kier alpha value is -3.67. The van der Waals surface area contributed by atoms with Crippen molar-refractivity contribution in [3.63, 3.8) is 0 Å². The highest BCUT2D eigenvalue weighted by atomic mass is 16.5. The second-order valence-corrected chi connectivity index (χ2v) is 7.14. The van der Waals surface area contributed by atoms with Crippen LogP contribution in [0.4, 0.5) is 0 Å². The third-order valence-corrected chi connectivity index (χ3v) is 4.87. The Bertz CT molecular complexity index is 1090. The average molecular weight is 401 g/mol. The van der Waals surface area contributed by atoms with E-state index in [1.54, 1.807) is 17.0 Å². The van der Waals surface area contributed by atoms with Gasteiger partial charge in [-0.3, -0.25) is 4.79 Å². The number of aryl methyl sites for hydroxylation is 1. The maximum atomic E-state index is 12.9. The molecule has 0 saturated heterocycles. The summed E-state index contributed by atoms with van der Waals surface area (Å²) in [6, 6.07) is 21.5. The van der Waals surface area contributed by atoms with Crippen LogP contribution in [0.25, 0.3) is 11.4 Å². The first-order chi connectivity index (χ1) is 14.7. The number of amides is 1. The Morgan fingerprint density at radius 2 is 1.80 bits per heavy atom. The van der Waals surface area contributed by atoms with Crippen LogP contribution in [0.2, 0.25) is 0 Å². The summed E-state index contributed by atoms with van der Waals surface area (Å²) in [6.45, 7) is 3.06. The van der Waals surface area contributed by atoms with Crippen LogP contribution in [0.5, 0.6) is 0 Å². The van der Waals surface area contributed by atoms with Crippen LogP contribution in [0.3, 0.4) is 0 Å². The Morgan fingerprint density at radius 1 is 0.967 bits per heavy atom. The van der Waals surface area contributed by atoms with Crippen LogP contribution >= 0.6 is 0 Å². The van der Waals surface area contributed by atoms with E-state index < -0.39 is 0 Å². The van der Waals surface area contributed by atoms with Gasteiger partial charge >= 0.3 is 0 Å². The topological polar surface area (TPSA) is 72.4 Å². The molecule has 0 atom stereocenters. The highest BCUT2D eigenvalue weighted by Crippen LogP contribution is 2.17. The summed E-state index contributed by atoms with van der Waals surface area (Å²) >= 11 is 0. The molecule has 0 fully saturated rings. The van der Waals surface area contributed by atoms with E-state index in [2.05, 4.69) is 22.3 Å². The number of hydrogen-bond acceptors (Lipinski definition) is 5. The quantitative estimate of drug-likeness (QED) is 0.433. The van der Waals surface area contributed by atoms with Gasteiger partial charge in [-0.05, 0) is 37.1 Å². The Morgan fingerprint density at radius 3 is 2.57 bits per heavy atom. The van der Waals surface area contributed by atoms with Crippen molar-refractivity contribution < 1.29 is 13.7 Å². The molecule has 0 N–H and O–H groups in total. The second-order valence-electron chi connectivity index (χ2n) is 7.14. The number of nitrogens with zero attached hydrogens (tertiary/aromatic N) is 3. The van der Waals surface area contributed by atoms with E-state index in [0.29, 0.717) is 37.0 Å². The molecule has 0 spiro atoms. The van der Waals surface area contributed by atoms with E-state index in [1.165, 1.54) is 11.8 Å². The molecule has 0 aliphatic carbocycles. The van der Waals surface area contributed by atoms with E-state index in [4.69, 9.17) is 8.94 Å². The normalized spacial score (nSPS) is 10.8. The molecule has 6 heteroatoms. The summed E-state index contributed by atoms with van der Waals surface area (Å²) in [7, 11) is 0.